The van der Waals surface area contributed by atoms with Gasteiger partial charge in [-0.3, -0.25) is 14.8 Å². The van der Waals surface area contributed by atoms with Gasteiger partial charge in [-0.05, 0) is 90.1 Å². The van der Waals surface area contributed by atoms with E-state index < -0.39 is 31.7 Å². The third-order valence-electron chi connectivity index (χ3n) is 11.5. The minimum absolute atomic E-state index is 0.0226. The molecule has 3 aliphatic rings. The second kappa shape index (κ2) is 14.4. The summed E-state index contributed by atoms with van der Waals surface area (Å²) in [7, 11) is -4.11. The number of aliphatic imine (C=N–C) groups is 2. The lowest BCUT2D eigenvalue weighted by Crippen LogP contribution is -2.77. The van der Waals surface area contributed by atoms with Crippen molar-refractivity contribution in [2.45, 2.75) is 115 Å². The van der Waals surface area contributed by atoms with E-state index in [2.05, 4.69) is 11.8 Å². The van der Waals surface area contributed by atoms with Crippen molar-refractivity contribution >= 4 is 51.1 Å². The predicted molar refractivity (Wildman–Crippen MR) is 216 cm³/mol. The number of halogens is 2. The van der Waals surface area contributed by atoms with Crippen LogP contribution in [0.2, 0.25) is 10.0 Å². The van der Waals surface area contributed by atoms with E-state index in [-0.39, 0.29) is 37.1 Å². The maximum Gasteiger partial charge on any atom is 0.222 e. The molecule has 0 bridgehead atoms. The quantitative estimate of drug-likeness (QED) is 0.219. The number of aromatic nitrogens is 2. The van der Waals surface area contributed by atoms with Gasteiger partial charge < -0.3 is 19.4 Å². The number of rotatable bonds is 9. The summed E-state index contributed by atoms with van der Waals surface area (Å²) in [5.41, 5.74) is 0.401. The topological polar surface area (TPSA) is 121 Å². The van der Waals surface area contributed by atoms with E-state index in [0.29, 0.717) is 45.6 Å². The number of likely N-dealkylation sites (tertiary alicyclic amines) is 1. The predicted octanol–water partition coefficient (Wildman–Crippen LogP) is 6.75. The van der Waals surface area contributed by atoms with Gasteiger partial charge in [0.25, 0.3) is 0 Å². The van der Waals surface area contributed by atoms with Crippen LogP contribution >= 0.6 is 23.2 Å². The van der Waals surface area contributed by atoms with Crippen molar-refractivity contribution in [3.63, 3.8) is 0 Å². The molecular formula is C40H51Cl2N7O4S. The highest BCUT2D eigenvalue weighted by Crippen LogP contribution is 2.53. The third-order valence-corrected chi connectivity index (χ3v) is 13.9. The van der Waals surface area contributed by atoms with Crippen LogP contribution in [0, 0.1) is 0 Å². The first-order valence-electron chi connectivity index (χ1n) is 18.5. The number of amides is 1. The van der Waals surface area contributed by atoms with E-state index in [0.717, 1.165) is 17.5 Å². The molecule has 3 aliphatic heterocycles. The van der Waals surface area contributed by atoms with Crippen LogP contribution in [0.1, 0.15) is 91.2 Å². The average Bonchev–Trinajstić information content (AvgIpc) is 3.57. The molecule has 1 fully saturated rings. The van der Waals surface area contributed by atoms with Gasteiger partial charge in [0, 0.05) is 52.0 Å². The molecule has 0 radical (unpaired) electrons. The van der Waals surface area contributed by atoms with Crippen LogP contribution in [0.4, 0.5) is 0 Å². The van der Waals surface area contributed by atoms with Gasteiger partial charge in [0.15, 0.2) is 14.7 Å². The Bertz CT molecular complexity index is 2070. The smallest absolute Gasteiger partial charge is 0.222 e. The minimum Gasteiger partial charge on any atom is -0.478 e. The molecule has 1 aromatic heterocycles. The van der Waals surface area contributed by atoms with Crippen LogP contribution in [-0.2, 0) is 25.6 Å². The van der Waals surface area contributed by atoms with E-state index >= 15 is 8.42 Å². The van der Waals surface area contributed by atoms with Gasteiger partial charge in [0.1, 0.15) is 17.5 Å². The molecule has 1 amide bonds. The summed E-state index contributed by atoms with van der Waals surface area (Å²) in [4.78, 5) is 37.6. The first-order valence-corrected chi connectivity index (χ1v) is 21.1. The largest absolute Gasteiger partial charge is 0.478 e. The van der Waals surface area contributed by atoms with Crippen LogP contribution in [0.15, 0.2) is 64.7 Å². The molecule has 14 heteroatoms. The first-order chi connectivity index (χ1) is 25.3. The number of amidine groups is 2. The number of piperidine rings is 1. The molecule has 5 unspecified atom stereocenters. The van der Waals surface area contributed by atoms with E-state index in [4.69, 9.17) is 47.9 Å². The van der Waals surface area contributed by atoms with Gasteiger partial charge in [-0.1, -0.05) is 44.0 Å². The zero-order chi connectivity index (χ0) is 39.5. The molecule has 11 nitrogen and oxygen atoms in total. The van der Waals surface area contributed by atoms with E-state index in [1.54, 1.807) is 35.4 Å². The normalized spacial score (nSPS) is 29.0. The summed E-state index contributed by atoms with van der Waals surface area (Å²) in [5, 5.41) is 1.13. The highest BCUT2D eigenvalue weighted by atomic mass is 35.5. The van der Waals surface area contributed by atoms with Crippen molar-refractivity contribution in [2.24, 2.45) is 9.98 Å². The van der Waals surface area contributed by atoms with E-state index in [9.17, 15) is 4.79 Å². The van der Waals surface area contributed by atoms with Crippen molar-refractivity contribution in [1.29, 1.82) is 0 Å². The van der Waals surface area contributed by atoms with Crippen LogP contribution in [0.25, 0.3) is 0 Å². The number of benzene rings is 2. The summed E-state index contributed by atoms with van der Waals surface area (Å²) >= 11 is 12.7. The minimum atomic E-state index is -4.11. The number of ether oxygens (including phenoxy) is 1. The molecule has 0 spiro atoms. The Kier molecular flexibility index (Phi) is 10.7. The monoisotopic (exact) mass is 795 g/mol. The van der Waals surface area contributed by atoms with Crippen molar-refractivity contribution < 1.29 is 17.9 Å². The number of hydrogen-bond acceptors (Lipinski definition) is 10. The van der Waals surface area contributed by atoms with Crippen LogP contribution in [0.5, 0.6) is 5.88 Å². The van der Waals surface area contributed by atoms with Gasteiger partial charge in [-0.2, -0.15) is 4.98 Å². The summed E-state index contributed by atoms with van der Waals surface area (Å²) in [6.07, 6.45) is 3.75. The summed E-state index contributed by atoms with van der Waals surface area (Å²) in [5.74, 6) is 2.06. The fourth-order valence-corrected chi connectivity index (χ4v) is 10.3. The van der Waals surface area contributed by atoms with E-state index in [1.165, 1.54) is 6.26 Å². The maximum atomic E-state index is 15.4. The van der Waals surface area contributed by atoms with Gasteiger partial charge in [0.2, 0.25) is 12.3 Å². The van der Waals surface area contributed by atoms with Crippen molar-refractivity contribution in [2.75, 3.05) is 19.4 Å². The lowest BCUT2D eigenvalue weighted by atomic mass is 9.76. The summed E-state index contributed by atoms with van der Waals surface area (Å²) < 4.78 is 36.9. The number of nitrogens with zero attached hydrogens (tertiary/aromatic N) is 7. The second-order valence-corrected chi connectivity index (χ2v) is 19.2. The van der Waals surface area contributed by atoms with Crippen LogP contribution < -0.4 is 4.74 Å². The lowest BCUT2D eigenvalue weighted by Gasteiger charge is -2.61. The molecule has 290 valence electrons. The molecular weight excluding hydrogens is 745 g/mol. The molecule has 6 rings (SSSR count). The number of hydrogen-bond donors (Lipinski definition) is 0. The number of carbonyl (C=O) groups is 1. The summed E-state index contributed by atoms with van der Waals surface area (Å²) in [6, 6.07) is 12.8. The zero-order valence-corrected chi connectivity index (χ0v) is 35.0. The Balaban J connectivity index is 1.67. The van der Waals surface area contributed by atoms with Crippen molar-refractivity contribution in [3.8, 4) is 5.88 Å². The fourth-order valence-electron chi connectivity index (χ4n) is 8.26. The van der Waals surface area contributed by atoms with E-state index in [1.807, 2.05) is 84.6 Å². The van der Waals surface area contributed by atoms with Crippen molar-refractivity contribution in [1.82, 2.24) is 24.7 Å². The molecule has 0 aliphatic carbocycles. The van der Waals surface area contributed by atoms with Gasteiger partial charge in [-0.15, -0.1) is 0 Å². The Hall–Kier alpha value is -3.74. The average molecular weight is 797 g/mol. The SMILES string of the molecule is CCOc1nc(C(C)(C)C)ncc1C1(C)C[C@](N2C(c3ccc(Cl)cc3)=NC(C)C2C)(S(C)(=O)=O)[C@H](N2C(c3ccc(Cl)cc3)=NC(C)C2C)CN1C=O. The Morgan fingerprint density at radius 3 is 1.96 bits per heavy atom. The van der Waals surface area contributed by atoms with Gasteiger partial charge >= 0.3 is 0 Å². The molecule has 54 heavy (non-hydrogen) atoms. The molecule has 4 heterocycles. The summed E-state index contributed by atoms with van der Waals surface area (Å²) in [6.45, 7) is 18.2. The highest BCUT2D eigenvalue weighted by Gasteiger charge is 2.67. The van der Waals surface area contributed by atoms with Gasteiger partial charge in [-0.25, -0.2) is 13.4 Å². The fraction of sp³-hybridized carbons (Fsp3) is 0.525. The van der Waals surface area contributed by atoms with Gasteiger partial charge in [0.05, 0.1) is 47.9 Å². The van der Waals surface area contributed by atoms with Crippen molar-refractivity contribution in [3.05, 3.63) is 87.3 Å². The Morgan fingerprint density at radius 1 is 0.907 bits per heavy atom. The molecule has 2 aromatic carbocycles. The maximum absolute atomic E-state index is 15.4. The molecule has 1 saturated heterocycles. The van der Waals surface area contributed by atoms with Crippen LogP contribution in [-0.4, -0.2) is 106 Å². The Morgan fingerprint density at radius 2 is 1.44 bits per heavy atom. The second-order valence-electron chi connectivity index (χ2n) is 16.1. The lowest BCUT2D eigenvalue weighted by molar-refractivity contribution is -0.132. The number of sulfone groups is 1. The van der Waals surface area contributed by atoms with Crippen LogP contribution in [0.3, 0.4) is 0 Å². The number of carbonyl (C=O) groups excluding carboxylic acids is 1. The zero-order valence-electron chi connectivity index (χ0n) is 32.7. The molecule has 3 aromatic rings. The standard InChI is InChI=1S/C40H51Cl2N7O4S/c1-11-53-36-32(20-43-37(46-36)38(6,7)8)39(9)22-40(54(10,51)52,49-27(5)25(3)45-35(49)29-14-18-31(42)19-15-29)33(21-47(39)23-50)48-26(4)24(2)44-34(48)28-12-16-30(41)17-13-28/h12-20,23-27,33H,11,21-22H2,1-10H3/t24?,25?,26?,27?,33-,39?,40+/m1/s1. The molecule has 0 N–H and O–H groups in total. The first kappa shape index (κ1) is 39.9. The Labute approximate surface area is 329 Å². The third kappa shape index (κ3) is 6.66. The molecule has 0 saturated carbocycles. The molecule has 7 atom stereocenters. The highest BCUT2D eigenvalue weighted by molar-refractivity contribution is 7.92.